The van der Waals surface area contributed by atoms with Gasteiger partial charge in [0, 0.05) is 28.8 Å². The summed E-state index contributed by atoms with van der Waals surface area (Å²) in [6.07, 6.45) is -4.15. The summed E-state index contributed by atoms with van der Waals surface area (Å²) in [5.74, 6) is -1.02. The summed E-state index contributed by atoms with van der Waals surface area (Å²) in [5, 5.41) is -0.627. The Balaban J connectivity index is 2.00. The molecule has 152 valence electrons. The van der Waals surface area contributed by atoms with E-state index in [1.807, 2.05) is 0 Å². The van der Waals surface area contributed by atoms with E-state index in [1.54, 1.807) is 30.5 Å². The summed E-state index contributed by atoms with van der Waals surface area (Å²) in [7, 11) is 0. The molecule has 0 aliphatic rings. The third-order valence-electron chi connectivity index (χ3n) is 4.48. The number of benzene rings is 1. The molecule has 29 heavy (non-hydrogen) atoms. The number of nitrogens with zero attached hydrogens (tertiary/aromatic N) is 2. The van der Waals surface area contributed by atoms with Crippen molar-refractivity contribution in [3.8, 4) is 5.69 Å². The second kappa shape index (κ2) is 7.51. The van der Waals surface area contributed by atoms with Crippen LogP contribution in [0.3, 0.4) is 0 Å². The highest BCUT2D eigenvalue weighted by molar-refractivity contribution is 6.30. The van der Waals surface area contributed by atoms with Gasteiger partial charge < -0.3 is 9.13 Å². The number of aromatic nitrogens is 2. The van der Waals surface area contributed by atoms with Crippen molar-refractivity contribution < 1.29 is 22.4 Å². The lowest BCUT2D eigenvalue weighted by Crippen LogP contribution is -2.26. The zero-order chi connectivity index (χ0) is 21.5. The van der Waals surface area contributed by atoms with Gasteiger partial charge in [0.15, 0.2) is 5.78 Å². The fourth-order valence-electron chi connectivity index (χ4n) is 3.17. The molecule has 0 aliphatic heterocycles. The number of Topliss-reactive ketones (excluding diaryl/α,β-unsaturated/α-hetero) is 1. The Morgan fingerprint density at radius 3 is 2.45 bits per heavy atom. The van der Waals surface area contributed by atoms with Gasteiger partial charge in [0.05, 0.1) is 12.1 Å². The molecule has 4 nitrogen and oxygen atoms in total. The highest BCUT2D eigenvalue weighted by atomic mass is 35.5. The normalized spacial score (nSPS) is 11.7. The molecule has 0 atom stereocenters. The van der Waals surface area contributed by atoms with E-state index >= 15 is 0 Å². The number of carbonyl (C=O) groups excluding carboxylic acids is 1. The summed E-state index contributed by atoms with van der Waals surface area (Å²) in [6.45, 7) is 2.73. The molecule has 0 saturated heterocycles. The molecule has 0 spiro atoms. The lowest BCUT2D eigenvalue weighted by atomic mass is 10.1. The zero-order valence-electron chi connectivity index (χ0n) is 15.3. The third-order valence-corrected chi connectivity index (χ3v) is 4.75. The predicted octanol–water partition coefficient (Wildman–Crippen LogP) is 4.95. The lowest BCUT2D eigenvalue weighted by Gasteiger charge is -2.12. The number of rotatable bonds is 4. The highest BCUT2D eigenvalue weighted by Gasteiger charge is 2.32. The Labute approximate surface area is 168 Å². The minimum Gasteiger partial charge on any atom is -0.318 e. The van der Waals surface area contributed by atoms with Crippen LogP contribution in [-0.2, 0) is 12.7 Å². The fourth-order valence-corrected chi connectivity index (χ4v) is 3.40. The Morgan fingerprint density at radius 2 is 1.83 bits per heavy atom. The molecule has 0 amide bonds. The fraction of sp³-hybridized carbons (Fsp3) is 0.200. The molecule has 0 unspecified atom stereocenters. The van der Waals surface area contributed by atoms with E-state index in [1.165, 1.54) is 18.2 Å². The van der Waals surface area contributed by atoms with E-state index in [9.17, 15) is 27.2 Å². The molecule has 0 N–H and O–H groups in total. The summed E-state index contributed by atoms with van der Waals surface area (Å²) < 4.78 is 54.8. The molecule has 0 fully saturated rings. The Hall–Kier alpha value is -2.87. The van der Waals surface area contributed by atoms with Crippen LogP contribution in [-0.4, -0.2) is 14.9 Å². The van der Waals surface area contributed by atoms with Gasteiger partial charge in [-0.1, -0.05) is 17.7 Å². The molecule has 0 saturated carbocycles. The molecular weight excluding hydrogens is 412 g/mol. The van der Waals surface area contributed by atoms with Crippen LogP contribution in [0.5, 0.6) is 0 Å². The van der Waals surface area contributed by atoms with Gasteiger partial charge in [-0.2, -0.15) is 13.2 Å². The van der Waals surface area contributed by atoms with E-state index in [0.717, 1.165) is 0 Å². The topological polar surface area (TPSA) is 44.0 Å². The first-order valence-electron chi connectivity index (χ1n) is 8.44. The lowest BCUT2D eigenvalue weighted by molar-refractivity contribution is -0.138. The van der Waals surface area contributed by atoms with E-state index in [-0.39, 0.29) is 5.56 Å². The average molecular weight is 427 g/mol. The van der Waals surface area contributed by atoms with E-state index in [2.05, 4.69) is 0 Å². The zero-order valence-corrected chi connectivity index (χ0v) is 16.1. The molecule has 0 radical (unpaired) electrons. The Kier molecular flexibility index (Phi) is 5.40. The standard InChI is InChI=1S/C20H15ClF4N2O2/c1-11-6-16(12(2)27(11)15-5-3-4-14(22)8-15)18(28)10-26-9-13(20(23,24)25)7-17(21)19(26)29/h3-9H,10H2,1-2H3. The molecule has 2 heterocycles. The number of carbonyl (C=O) groups is 1. The van der Waals surface area contributed by atoms with Gasteiger partial charge in [-0.3, -0.25) is 9.59 Å². The number of alkyl halides is 3. The van der Waals surface area contributed by atoms with Crippen molar-refractivity contribution in [3.05, 3.63) is 86.3 Å². The van der Waals surface area contributed by atoms with Crippen LogP contribution in [0.4, 0.5) is 17.6 Å². The second-order valence-electron chi connectivity index (χ2n) is 6.53. The Morgan fingerprint density at radius 1 is 1.14 bits per heavy atom. The number of ketones is 1. The van der Waals surface area contributed by atoms with Crippen LogP contribution in [0.1, 0.15) is 27.3 Å². The third kappa shape index (κ3) is 4.12. The maximum Gasteiger partial charge on any atom is 0.417 e. The summed E-state index contributed by atoms with van der Waals surface area (Å²) >= 11 is 5.63. The van der Waals surface area contributed by atoms with Gasteiger partial charge in [0.25, 0.3) is 5.56 Å². The van der Waals surface area contributed by atoms with Gasteiger partial charge in [-0.25, -0.2) is 4.39 Å². The van der Waals surface area contributed by atoms with Crippen LogP contribution in [0.25, 0.3) is 5.69 Å². The Bertz CT molecular complexity index is 1160. The summed E-state index contributed by atoms with van der Waals surface area (Å²) in [4.78, 5) is 24.8. The van der Waals surface area contributed by atoms with Crippen molar-refractivity contribution in [3.63, 3.8) is 0 Å². The van der Waals surface area contributed by atoms with Gasteiger partial charge >= 0.3 is 6.18 Å². The van der Waals surface area contributed by atoms with Crippen molar-refractivity contribution in [2.24, 2.45) is 0 Å². The van der Waals surface area contributed by atoms with Crippen molar-refractivity contribution in [1.29, 1.82) is 0 Å². The first-order chi connectivity index (χ1) is 13.5. The number of hydrogen-bond acceptors (Lipinski definition) is 2. The maximum absolute atomic E-state index is 13.6. The first-order valence-corrected chi connectivity index (χ1v) is 8.82. The van der Waals surface area contributed by atoms with Crippen LogP contribution < -0.4 is 5.56 Å². The van der Waals surface area contributed by atoms with E-state index in [4.69, 9.17) is 11.6 Å². The SMILES string of the molecule is Cc1cc(C(=O)Cn2cc(C(F)(F)F)cc(Cl)c2=O)c(C)n1-c1cccc(F)c1. The maximum atomic E-state index is 13.6. The van der Waals surface area contributed by atoms with Crippen molar-refractivity contribution in [1.82, 2.24) is 9.13 Å². The van der Waals surface area contributed by atoms with E-state index in [0.29, 0.717) is 33.9 Å². The highest BCUT2D eigenvalue weighted by Crippen LogP contribution is 2.30. The van der Waals surface area contributed by atoms with Crippen molar-refractivity contribution in [2.75, 3.05) is 0 Å². The number of halogens is 5. The number of aryl methyl sites for hydroxylation is 1. The number of pyridine rings is 1. The van der Waals surface area contributed by atoms with Crippen LogP contribution >= 0.6 is 11.6 Å². The van der Waals surface area contributed by atoms with E-state index < -0.39 is 40.5 Å². The first kappa shape index (κ1) is 20.9. The number of hydrogen-bond donors (Lipinski definition) is 0. The van der Waals surface area contributed by atoms with Crippen LogP contribution in [0, 0.1) is 19.7 Å². The molecule has 1 aromatic carbocycles. The van der Waals surface area contributed by atoms with Crippen LogP contribution in [0.15, 0.2) is 47.4 Å². The molecule has 2 aromatic heterocycles. The van der Waals surface area contributed by atoms with Gasteiger partial charge in [-0.15, -0.1) is 0 Å². The molecular formula is C20H15ClF4N2O2. The minimum absolute atomic E-state index is 0.215. The smallest absolute Gasteiger partial charge is 0.318 e. The molecule has 0 aliphatic carbocycles. The minimum atomic E-state index is -4.71. The predicted molar refractivity (Wildman–Crippen MR) is 100 cm³/mol. The quantitative estimate of drug-likeness (QED) is 0.437. The van der Waals surface area contributed by atoms with Gasteiger partial charge in [-0.05, 0) is 44.2 Å². The van der Waals surface area contributed by atoms with Crippen LogP contribution in [0.2, 0.25) is 5.02 Å². The van der Waals surface area contributed by atoms with Crippen molar-refractivity contribution >= 4 is 17.4 Å². The van der Waals surface area contributed by atoms with Gasteiger partial charge in [0.2, 0.25) is 0 Å². The molecule has 3 aromatic rings. The monoisotopic (exact) mass is 426 g/mol. The van der Waals surface area contributed by atoms with Crippen molar-refractivity contribution in [2.45, 2.75) is 26.6 Å². The summed E-state index contributed by atoms with van der Waals surface area (Å²) in [5.41, 5.74) is -0.201. The summed E-state index contributed by atoms with van der Waals surface area (Å²) in [6, 6.07) is 7.84. The average Bonchev–Trinajstić information content (AvgIpc) is 2.92. The largest absolute Gasteiger partial charge is 0.417 e. The second-order valence-corrected chi connectivity index (χ2v) is 6.94. The molecule has 3 rings (SSSR count). The molecule has 0 bridgehead atoms. The molecule has 9 heteroatoms. The van der Waals surface area contributed by atoms with Gasteiger partial charge in [0.1, 0.15) is 10.8 Å².